The van der Waals surface area contributed by atoms with Gasteiger partial charge in [-0.05, 0) is 13.0 Å². The van der Waals surface area contributed by atoms with Crippen LogP contribution < -0.4 is 5.32 Å². The summed E-state index contributed by atoms with van der Waals surface area (Å²) in [6, 6.07) is 1.10. The quantitative estimate of drug-likeness (QED) is 0.278. The number of alkyl halides is 5. The van der Waals surface area contributed by atoms with E-state index >= 15 is 0 Å². The van der Waals surface area contributed by atoms with E-state index in [-0.39, 0.29) is 22.4 Å². The molecule has 0 aliphatic heterocycles. The number of aromatic nitrogens is 5. The molecule has 0 radical (unpaired) electrons. The van der Waals surface area contributed by atoms with Crippen molar-refractivity contribution in [2.75, 3.05) is 5.32 Å². The number of fused-ring (bicyclic) bond motifs is 1. The van der Waals surface area contributed by atoms with E-state index in [2.05, 4.69) is 15.2 Å². The van der Waals surface area contributed by atoms with Gasteiger partial charge in [-0.25, -0.2) is 36.0 Å². The number of carbonyl (C=O) groups excluding carboxylic acids is 1. The van der Waals surface area contributed by atoms with Gasteiger partial charge in [0.1, 0.15) is 17.8 Å². The third-order valence-electron chi connectivity index (χ3n) is 5.25. The fourth-order valence-corrected chi connectivity index (χ4v) is 3.68. The highest BCUT2D eigenvalue weighted by Gasteiger charge is 2.42. The lowest BCUT2D eigenvalue weighted by atomic mass is 10.1. The molecule has 0 spiro atoms. The van der Waals surface area contributed by atoms with Gasteiger partial charge in [-0.1, -0.05) is 0 Å². The third-order valence-corrected chi connectivity index (χ3v) is 5.25. The summed E-state index contributed by atoms with van der Waals surface area (Å²) < 4.78 is 124. The summed E-state index contributed by atoms with van der Waals surface area (Å²) in [6.07, 6.45) is -5.94. The average Bonchev–Trinajstić information content (AvgIpc) is 3.37. The predicted molar refractivity (Wildman–Crippen MR) is 109 cm³/mol. The van der Waals surface area contributed by atoms with Crippen molar-refractivity contribution in [1.82, 2.24) is 24.5 Å². The maximum absolute atomic E-state index is 14.2. The monoisotopic (exact) mass is 536 g/mol. The van der Waals surface area contributed by atoms with E-state index < -0.39 is 65.1 Å². The highest BCUT2D eigenvalue weighted by Crippen LogP contribution is 2.38. The van der Waals surface area contributed by atoms with Crippen molar-refractivity contribution in [2.45, 2.75) is 26.1 Å². The summed E-state index contributed by atoms with van der Waals surface area (Å²) in [5.74, 6) is -11.9. The molecule has 196 valence electrons. The minimum atomic E-state index is -5.76. The minimum absolute atomic E-state index is 0.00677. The van der Waals surface area contributed by atoms with Crippen LogP contribution in [0.25, 0.3) is 22.3 Å². The lowest BCUT2D eigenvalue weighted by Gasteiger charge is -2.14. The summed E-state index contributed by atoms with van der Waals surface area (Å²) in [5.41, 5.74) is -4.97. The van der Waals surface area contributed by atoms with Crippen LogP contribution in [-0.2, 0) is 24.6 Å². The molecule has 0 unspecified atom stereocenters. The van der Waals surface area contributed by atoms with Crippen molar-refractivity contribution in [2.24, 2.45) is 7.05 Å². The summed E-state index contributed by atoms with van der Waals surface area (Å²) in [6.45, 7) is 0.369. The first-order valence-corrected chi connectivity index (χ1v) is 10.1. The number of hydrogen-bond acceptors (Lipinski definition) is 4. The fourth-order valence-electron chi connectivity index (χ4n) is 3.68. The minimum Gasteiger partial charge on any atom is -0.319 e. The number of halogens is 9. The van der Waals surface area contributed by atoms with Crippen LogP contribution in [0, 0.1) is 30.2 Å². The van der Waals surface area contributed by atoms with Gasteiger partial charge in [0.15, 0.2) is 28.9 Å². The zero-order chi connectivity index (χ0) is 27.4. The number of nitrogens with zero attached hydrogens (tertiary/aromatic N) is 5. The van der Waals surface area contributed by atoms with E-state index in [9.17, 15) is 44.3 Å². The normalized spacial score (nSPS) is 12.1. The number of aryl methyl sites for hydroxylation is 2. The van der Waals surface area contributed by atoms with E-state index in [1.54, 1.807) is 7.05 Å². The van der Waals surface area contributed by atoms with Crippen molar-refractivity contribution in [1.29, 1.82) is 0 Å². The molecule has 1 aromatic carbocycles. The topological polar surface area (TPSA) is 77.6 Å². The second kappa shape index (κ2) is 9.08. The zero-order valence-corrected chi connectivity index (χ0v) is 18.6. The standard InChI is InChI=1S/C21H13F9N6O/c1-7-12-9(19(26)27)3-10(8-4-31-35(2)5-8)32-20(12)36(34-7)6-11(37)33-18-16(24)14(22)13(21(28,29)30)15(23)17(18)25/h3-5,19H,6H2,1-2H3,(H,33,37). The molecule has 7 nitrogen and oxygen atoms in total. The molecule has 0 saturated carbocycles. The van der Waals surface area contributed by atoms with E-state index in [4.69, 9.17) is 0 Å². The summed E-state index contributed by atoms with van der Waals surface area (Å²) >= 11 is 0. The maximum Gasteiger partial charge on any atom is 0.422 e. The Balaban J connectivity index is 1.75. The highest BCUT2D eigenvalue weighted by molar-refractivity contribution is 5.92. The molecule has 3 aromatic heterocycles. The number of carbonyl (C=O) groups is 1. The Labute approximate surface area is 200 Å². The van der Waals surface area contributed by atoms with E-state index in [1.165, 1.54) is 29.3 Å². The number of pyridine rings is 1. The van der Waals surface area contributed by atoms with Gasteiger partial charge in [0, 0.05) is 24.4 Å². The smallest absolute Gasteiger partial charge is 0.319 e. The molecule has 37 heavy (non-hydrogen) atoms. The van der Waals surface area contributed by atoms with Gasteiger partial charge in [0.2, 0.25) is 5.91 Å². The van der Waals surface area contributed by atoms with Gasteiger partial charge in [-0.15, -0.1) is 0 Å². The van der Waals surface area contributed by atoms with Gasteiger partial charge in [-0.2, -0.15) is 23.4 Å². The Morgan fingerprint density at radius 2 is 1.70 bits per heavy atom. The van der Waals surface area contributed by atoms with E-state index in [0.717, 1.165) is 10.7 Å². The molecule has 0 aliphatic rings. The van der Waals surface area contributed by atoms with Crippen LogP contribution in [0.4, 0.5) is 45.2 Å². The van der Waals surface area contributed by atoms with Crippen LogP contribution in [0.2, 0.25) is 0 Å². The fraction of sp³-hybridized carbons (Fsp3) is 0.238. The SMILES string of the molecule is Cc1nn(CC(=O)Nc2c(F)c(F)c(C(F)(F)F)c(F)c2F)c2nc(-c3cnn(C)c3)cc(C(F)F)c12. The first-order chi connectivity index (χ1) is 17.2. The summed E-state index contributed by atoms with van der Waals surface area (Å²) in [4.78, 5) is 16.7. The number of benzene rings is 1. The molecule has 3 heterocycles. The first-order valence-electron chi connectivity index (χ1n) is 10.1. The molecule has 4 rings (SSSR count). The second-order valence-electron chi connectivity index (χ2n) is 7.79. The third kappa shape index (κ3) is 4.58. The predicted octanol–water partition coefficient (Wildman–Crippen LogP) is 5.29. The molecular formula is C21H13F9N6O. The summed E-state index contributed by atoms with van der Waals surface area (Å²) in [5, 5.41) is 9.19. The number of hydrogen-bond donors (Lipinski definition) is 1. The van der Waals surface area contributed by atoms with Crippen LogP contribution in [-0.4, -0.2) is 30.5 Å². The Morgan fingerprint density at radius 1 is 1.08 bits per heavy atom. The molecule has 16 heteroatoms. The molecule has 0 fully saturated rings. The largest absolute Gasteiger partial charge is 0.422 e. The Morgan fingerprint density at radius 3 is 2.22 bits per heavy atom. The van der Waals surface area contributed by atoms with Crippen molar-refractivity contribution in [3.8, 4) is 11.3 Å². The Hall–Kier alpha value is -4.11. The second-order valence-corrected chi connectivity index (χ2v) is 7.79. The summed E-state index contributed by atoms with van der Waals surface area (Å²) in [7, 11) is 1.57. The van der Waals surface area contributed by atoms with Gasteiger partial charge in [-0.3, -0.25) is 9.48 Å². The molecule has 1 amide bonds. The molecule has 0 saturated heterocycles. The maximum atomic E-state index is 14.2. The molecule has 1 N–H and O–H groups in total. The Bertz CT molecular complexity index is 1510. The van der Waals surface area contributed by atoms with Crippen LogP contribution in [0.1, 0.15) is 23.2 Å². The van der Waals surface area contributed by atoms with Crippen molar-refractivity contribution in [3.05, 3.63) is 58.5 Å². The van der Waals surface area contributed by atoms with Gasteiger partial charge < -0.3 is 5.32 Å². The Kier molecular flexibility index (Phi) is 6.37. The van der Waals surface area contributed by atoms with E-state index in [1.807, 2.05) is 0 Å². The molecule has 0 aliphatic carbocycles. The van der Waals surface area contributed by atoms with E-state index in [0.29, 0.717) is 5.56 Å². The van der Waals surface area contributed by atoms with Crippen LogP contribution in [0.5, 0.6) is 0 Å². The lowest BCUT2D eigenvalue weighted by Crippen LogP contribution is -2.23. The van der Waals surface area contributed by atoms with Crippen molar-refractivity contribution in [3.63, 3.8) is 0 Å². The number of anilines is 1. The number of nitrogens with one attached hydrogen (secondary N) is 1. The highest BCUT2D eigenvalue weighted by atomic mass is 19.4. The first kappa shape index (κ1) is 26.0. The number of rotatable bonds is 5. The lowest BCUT2D eigenvalue weighted by molar-refractivity contribution is -0.143. The number of amides is 1. The van der Waals surface area contributed by atoms with Gasteiger partial charge >= 0.3 is 6.18 Å². The van der Waals surface area contributed by atoms with Crippen molar-refractivity contribution >= 4 is 22.6 Å². The van der Waals surface area contributed by atoms with Gasteiger partial charge in [0.05, 0.1) is 23.0 Å². The zero-order valence-electron chi connectivity index (χ0n) is 18.6. The van der Waals surface area contributed by atoms with Crippen LogP contribution >= 0.6 is 0 Å². The van der Waals surface area contributed by atoms with Crippen molar-refractivity contribution < 1.29 is 44.3 Å². The van der Waals surface area contributed by atoms with Gasteiger partial charge in [0.25, 0.3) is 6.43 Å². The van der Waals surface area contributed by atoms with Crippen LogP contribution in [0.3, 0.4) is 0 Å². The van der Waals surface area contributed by atoms with Crippen LogP contribution in [0.15, 0.2) is 18.5 Å². The molecule has 0 atom stereocenters. The molecule has 4 aromatic rings. The molecular weight excluding hydrogens is 523 g/mol. The average molecular weight is 536 g/mol. The molecule has 0 bridgehead atoms.